The number of carboxylic acids is 2. The summed E-state index contributed by atoms with van der Waals surface area (Å²) < 4.78 is 0. The molecule has 0 fully saturated rings. The number of aliphatic carboxylic acids is 2. The molecule has 2 unspecified atom stereocenters. The highest BCUT2D eigenvalue weighted by Crippen LogP contribution is 2.19. The molecule has 0 saturated heterocycles. The number of carbonyl (C=O) groups is 5. The number of carbonyl (C=O) groups excluding carboxylic acids is 3. The van der Waals surface area contributed by atoms with E-state index in [1.165, 1.54) is 18.3 Å². The summed E-state index contributed by atoms with van der Waals surface area (Å²) in [4.78, 5) is 88.7. The Balaban J connectivity index is 1.61. The summed E-state index contributed by atoms with van der Waals surface area (Å²) in [7, 11) is 0. The first kappa shape index (κ1) is 39.6. The number of nitrogens with two attached hydrogens (primary N) is 1. The van der Waals surface area contributed by atoms with Gasteiger partial charge in [0.2, 0.25) is 11.9 Å². The van der Waals surface area contributed by atoms with E-state index in [0.717, 1.165) is 5.56 Å². The number of thiol groups is 1. The number of H-pyrrole nitrogens is 1. The monoisotopic (exact) mass is 718 g/mol. The SMILES string of the molecule is Nc1nc2ncc(CCc3ccc(C(=O)CC(CCC(=O)N[C@H](C(=O)CC(CS)C(=O)O)[C@@H](O)[C@H](O)[C@H](O)CO)C(=O)O)cc3)nc2c(=O)[nH]1. The van der Waals surface area contributed by atoms with Crippen LogP contribution in [0.15, 0.2) is 35.3 Å². The van der Waals surface area contributed by atoms with Crippen molar-refractivity contribution in [2.24, 2.45) is 11.8 Å². The van der Waals surface area contributed by atoms with Gasteiger partial charge in [-0.1, -0.05) is 24.3 Å². The van der Waals surface area contributed by atoms with E-state index in [2.05, 4.69) is 37.9 Å². The minimum atomic E-state index is -2.16. The maximum atomic E-state index is 13.0. The highest BCUT2D eigenvalue weighted by molar-refractivity contribution is 7.80. The van der Waals surface area contributed by atoms with E-state index in [1.54, 1.807) is 12.1 Å². The summed E-state index contributed by atoms with van der Waals surface area (Å²) in [5.41, 5.74) is 6.71. The van der Waals surface area contributed by atoms with Crippen molar-refractivity contribution in [3.05, 3.63) is 57.6 Å². The Morgan fingerprint density at radius 3 is 2.18 bits per heavy atom. The van der Waals surface area contributed by atoms with Gasteiger partial charge in [0.15, 0.2) is 22.7 Å². The fourth-order valence-corrected chi connectivity index (χ4v) is 5.20. The number of hydrogen-bond donors (Lipinski definition) is 10. The zero-order chi connectivity index (χ0) is 37.1. The van der Waals surface area contributed by atoms with Gasteiger partial charge in [-0.2, -0.15) is 17.6 Å². The van der Waals surface area contributed by atoms with E-state index in [9.17, 15) is 54.3 Å². The molecule has 0 bridgehead atoms. The van der Waals surface area contributed by atoms with Crippen LogP contribution in [-0.4, -0.2) is 117 Å². The minimum absolute atomic E-state index is 0.0452. The lowest BCUT2D eigenvalue weighted by Gasteiger charge is -2.29. The number of carboxylic acid groups (broad SMARTS) is 2. The smallest absolute Gasteiger partial charge is 0.307 e. The van der Waals surface area contributed by atoms with E-state index >= 15 is 0 Å². The van der Waals surface area contributed by atoms with E-state index < -0.39 is 97.0 Å². The van der Waals surface area contributed by atoms with E-state index in [4.69, 9.17) is 10.8 Å². The van der Waals surface area contributed by atoms with Gasteiger partial charge < -0.3 is 41.7 Å². The maximum absolute atomic E-state index is 13.0. The summed E-state index contributed by atoms with van der Waals surface area (Å²) in [5.74, 6) is -8.24. The average molecular weight is 719 g/mol. The van der Waals surface area contributed by atoms with Gasteiger partial charge in [0.1, 0.15) is 24.4 Å². The number of nitrogens with zero attached hydrogens (tertiary/aromatic N) is 3. The number of ketones is 2. The Kier molecular flexibility index (Phi) is 14.5. The number of benzene rings is 1. The van der Waals surface area contributed by atoms with Gasteiger partial charge in [0.25, 0.3) is 5.56 Å². The summed E-state index contributed by atoms with van der Waals surface area (Å²) in [6.45, 7) is -1.00. The summed E-state index contributed by atoms with van der Waals surface area (Å²) in [5, 5.41) is 60.6. The van der Waals surface area contributed by atoms with Crippen LogP contribution < -0.4 is 16.6 Å². The van der Waals surface area contributed by atoms with Crippen molar-refractivity contribution in [1.29, 1.82) is 0 Å². The van der Waals surface area contributed by atoms with Crippen LogP contribution in [-0.2, 0) is 32.0 Å². The van der Waals surface area contributed by atoms with Crippen molar-refractivity contribution in [3.63, 3.8) is 0 Å². The third-order valence-electron chi connectivity index (χ3n) is 7.89. The number of anilines is 1. The third kappa shape index (κ3) is 10.8. The van der Waals surface area contributed by atoms with Crippen molar-refractivity contribution >= 4 is 59.2 Å². The van der Waals surface area contributed by atoms with Crippen LogP contribution in [0.2, 0.25) is 0 Å². The molecule has 0 saturated carbocycles. The number of aryl methyl sites for hydroxylation is 2. The second-order valence-electron chi connectivity index (χ2n) is 11.5. The molecule has 270 valence electrons. The van der Waals surface area contributed by atoms with Crippen LogP contribution in [0.3, 0.4) is 0 Å². The number of aromatic amines is 1. The number of aliphatic hydroxyl groups is 4. The van der Waals surface area contributed by atoms with Gasteiger partial charge in [-0.05, 0) is 24.8 Å². The molecule has 0 radical (unpaired) electrons. The largest absolute Gasteiger partial charge is 0.481 e. The number of aliphatic hydroxyl groups excluding tert-OH is 4. The Morgan fingerprint density at radius 1 is 0.920 bits per heavy atom. The van der Waals surface area contributed by atoms with E-state index in [0.29, 0.717) is 18.5 Å². The van der Waals surface area contributed by atoms with Gasteiger partial charge >= 0.3 is 11.9 Å². The predicted octanol–water partition coefficient (Wildman–Crippen LogP) is -1.72. The lowest BCUT2D eigenvalue weighted by atomic mass is 9.91. The Morgan fingerprint density at radius 2 is 1.58 bits per heavy atom. The fraction of sp³-hybridized carbons (Fsp3) is 0.452. The van der Waals surface area contributed by atoms with Gasteiger partial charge in [-0.15, -0.1) is 0 Å². The third-order valence-corrected chi connectivity index (χ3v) is 8.33. The van der Waals surface area contributed by atoms with Gasteiger partial charge in [-0.25, -0.2) is 9.97 Å². The highest BCUT2D eigenvalue weighted by atomic mass is 32.1. The first-order valence-corrected chi connectivity index (χ1v) is 16.0. The lowest BCUT2D eigenvalue weighted by molar-refractivity contribution is -0.145. The molecule has 0 aliphatic rings. The van der Waals surface area contributed by atoms with Crippen LogP contribution in [0.4, 0.5) is 5.95 Å². The molecule has 3 rings (SSSR count). The lowest BCUT2D eigenvalue weighted by Crippen LogP contribution is -2.56. The first-order chi connectivity index (χ1) is 23.6. The average Bonchev–Trinajstić information content (AvgIpc) is 3.09. The van der Waals surface area contributed by atoms with Crippen LogP contribution in [0.25, 0.3) is 11.2 Å². The molecular formula is C31H38N6O12S. The number of rotatable bonds is 20. The summed E-state index contributed by atoms with van der Waals surface area (Å²) >= 11 is 3.87. The molecule has 2 aromatic heterocycles. The number of Topliss-reactive ketones (excluding diaryl/α,β-unsaturated/α-hetero) is 2. The normalized spacial score (nSPS) is 15.0. The number of aromatic nitrogens is 4. The zero-order valence-corrected chi connectivity index (χ0v) is 27.4. The minimum Gasteiger partial charge on any atom is -0.481 e. The molecular weight excluding hydrogens is 680 g/mol. The van der Waals surface area contributed by atoms with Gasteiger partial charge in [0.05, 0.1) is 30.3 Å². The van der Waals surface area contributed by atoms with Crippen molar-refractivity contribution in [3.8, 4) is 0 Å². The van der Waals surface area contributed by atoms with Crippen molar-refractivity contribution in [2.45, 2.75) is 62.9 Å². The molecule has 3 aromatic rings. The maximum Gasteiger partial charge on any atom is 0.307 e. The Labute approximate surface area is 289 Å². The van der Waals surface area contributed by atoms with Crippen molar-refractivity contribution < 1.29 is 54.6 Å². The second kappa shape index (κ2) is 18.3. The molecule has 2 heterocycles. The Bertz CT molecular complexity index is 1750. The molecule has 1 aromatic carbocycles. The molecule has 18 nitrogen and oxygen atoms in total. The second-order valence-corrected chi connectivity index (χ2v) is 11.9. The van der Waals surface area contributed by atoms with Crippen molar-refractivity contribution in [1.82, 2.24) is 25.3 Å². The number of nitrogen functional groups attached to an aromatic ring is 1. The molecule has 10 N–H and O–H groups in total. The van der Waals surface area contributed by atoms with Gasteiger partial charge in [-0.3, -0.25) is 33.8 Å². The highest BCUT2D eigenvalue weighted by Gasteiger charge is 2.38. The molecule has 6 atom stereocenters. The molecule has 0 aliphatic heterocycles. The van der Waals surface area contributed by atoms with Crippen LogP contribution in [0, 0.1) is 11.8 Å². The van der Waals surface area contributed by atoms with Crippen molar-refractivity contribution in [2.75, 3.05) is 18.1 Å². The number of hydrogen-bond acceptors (Lipinski definition) is 15. The topological polar surface area (TPSA) is 316 Å². The number of fused-ring (bicyclic) bond motifs is 1. The zero-order valence-electron chi connectivity index (χ0n) is 26.5. The number of nitrogens with one attached hydrogen (secondary N) is 2. The number of amides is 1. The Hall–Kier alpha value is -4.82. The molecule has 50 heavy (non-hydrogen) atoms. The molecule has 19 heteroatoms. The summed E-state index contributed by atoms with van der Waals surface area (Å²) in [6, 6.07) is 4.47. The standard InChI is InChI=1S/C31H38N6O12S/c32-31-36-27-24(28(45)37-31)34-18(11-33-27)7-3-14-1-4-15(5-2-14)19(39)9-16(29(46)47)6-8-22(42)35-23(26(44)25(43)21(41)12-38)20(40)10-17(13-50)30(48)49/h1-2,4-5,11,16-17,21,23,25-26,38,41,43-44,50H,3,6-10,12-13H2,(H,35,42)(H,46,47)(H,48,49)(H3,32,33,36,37,45)/t16?,17?,21-,23-,25-,26-/m1/s1. The van der Waals surface area contributed by atoms with Crippen LogP contribution >= 0.6 is 12.6 Å². The van der Waals surface area contributed by atoms with Crippen LogP contribution in [0.1, 0.15) is 47.3 Å². The fourth-order valence-electron chi connectivity index (χ4n) is 4.92. The van der Waals surface area contributed by atoms with Crippen LogP contribution in [0.5, 0.6) is 0 Å². The molecule has 0 aliphatic carbocycles. The molecule has 0 spiro atoms. The molecule has 1 amide bonds. The first-order valence-electron chi connectivity index (χ1n) is 15.3. The van der Waals surface area contributed by atoms with E-state index in [1.807, 2.05) is 0 Å². The summed E-state index contributed by atoms with van der Waals surface area (Å²) in [6.07, 6.45) is -5.91. The van der Waals surface area contributed by atoms with Gasteiger partial charge in [0, 0.05) is 30.6 Å². The predicted molar refractivity (Wildman–Crippen MR) is 177 cm³/mol. The quantitative estimate of drug-likeness (QED) is 0.0459. The van der Waals surface area contributed by atoms with E-state index in [-0.39, 0.29) is 34.8 Å².